The average molecular weight is 300 g/mol. The number of hydrogen-bond acceptors (Lipinski definition) is 4. The highest BCUT2D eigenvalue weighted by Gasteiger charge is 2.35. The summed E-state index contributed by atoms with van der Waals surface area (Å²) >= 11 is 1.57. The fraction of sp³-hybridized carbons (Fsp3) is 0.312. The van der Waals surface area contributed by atoms with E-state index < -0.39 is 0 Å². The Morgan fingerprint density at radius 1 is 1.29 bits per heavy atom. The average Bonchev–Trinajstić information content (AvgIpc) is 3.00. The van der Waals surface area contributed by atoms with E-state index in [2.05, 4.69) is 17.1 Å². The van der Waals surface area contributed by atoms with Gasteiger partial charge in [0.25, 0.3) is 0 Å². The van der Waals surface area contributed by atoms with E-state index in [1.165, 1.54) is 10.5 Å². The number of nitrogens with zero attached hydrogens (tertiary/aromatic N) is 2. The van der Waals surface area contributed by atoms with E-state index >= 15 is 0 Å². The lowest BCUT2D eigenvalue weighted by Crippen LogP contribution is -2.29. The number of aromatic nitrogens is 1. The Kier molecular flexibility index (Phi) is 3.84. The molecule has 2 heterocycles. The third kappa shape index (κ3) is 3.03. The molecule has 0 aliphatic carbocycles. The van der Waals surface area contributed by atoms with E-state index in [0.29, 0.717) is 13.0 Å². The van der Waals surface area contributed by atoms with E-state index in [1.54, 1.807) is 18.3 Å². The van der Waals surface area contributed by atoms with Crippen LogP contribution in [-0.2, 0) is 22.6 Å². The molecule has 4 nitrogen and oxygen atoms in total. The van der Waals surface area contributed by atoms with Gasteiger partial charge in [0.15, 0.2) is 0 Å². The van der Waals surface area contributed by atoms with Crippen molar-refractivity contribution >= 4 is 23.2 Å². The number of carbonyl (C=O) groups is 2. The van der Waals surface area contributed by atoms with Crippen LogP contribution in [0, 0.1) is 5.92 Å². The first-order valence-electron chi connectivity index (χ1n) is 6.95. The molecule has 1 fully saturated rings. The number of rotatable bonds is 4. The molecule has 21 heavy (non-hydrogen) atoms. The summed E-state index contributed by atoms with van der Waals surface area (Å²) < 4.78 is 0. The second kappa shape index (κ2) is 5.77. The monoisotopic (exact) mass is 300 g/mol. The maximum Gasteiger partial charge on any atom is 0.232 e. The Balaban J connectivity index is 1.68. The Labute approximate surface area is 127 Å². The summed E-state index contributed by atoms with van der Waals surface area (Å²) in [5, 5.41) is 2.94. The minimum Gasteiger partial charge on any atom is -0.276 e. The van der Waals surface area contributed by atoms with Crippen LogP contribution in [0.1, 0.15) is 29.6 Å². The summed E-state index contributed by atoms with van der Waals surface area (Å²) in [6, 6.07) is 10.1. The number of hydrogen-bond donors (Lipinski definition) is 0. The Morgan fingerprint density at radius 2 is 2.05 bits per heavy atom. The van der Waals surface area contributed by atoms with Crippen molar-refractivity contribution in [3.05, 3.63) is 52.0 Å². The van der Waals surface area contributed by atoms with Crippen molar-refractivity contribution in [2.75, 3.05) is 0 Å². The van der Waals surface area contributed by atoms with Crippen molar-refractivity contribution in [3.8, 4) is 0 Å². The van der Waals surface area contributed by atoms with Crippen LogP contribution < -0.4 is 0 Å². The van der Waals surface area contributed by atoms with Gasteiger partial charge in [-0.2, -0.15) is 0 Å². The van der Waals surface area contributed by atoms with Gasteiger partial charge in [0, 0.05) is 24.1 Å². The fourth-order valence-electron chi connectivity index (χ4n) is 2.45. The quantitative estimate of drug-likeness (QED) is 0.816. The first-order chi connectivity index (χ1) is 10.1. The molecule has 3 rings (SSSR count). The van der Waals surface area contributed by atoms with Gasteiger partial charge in [-0.1, -0.05) is 37.3 Å². The predicted octanol–water partition coefficient (Wildman–Crippen LogP) is 2.63. The number of carbonyl (C=O) groups excluding carboxylic acids is 2. The molecule has 1 aromatic heterocycles. The zero-order chi connectivity index (χ0) is 14.8. The van der Waals surface area contributed by atoms with E-state index in [9.17, 15) is 9.59 Å². The zero-order valence-electron chi connectivity index (χ0n) is 11.8. The molecule has 0 N–H and O–H groups in total. The highest BCUT2D eigenvalue weighted by molar-refractivity contribution is 7.09. The molecule has 1 aromatic carbocycles. The summed E-state index contributed by atoms with van der Waals surface area (Å²) in [4.78, 5) is 29.5. The van der Waals surface area contributed by atoms with Gasteiger partial charge in [0.1, 0.15) is 0 Å². The highest BCUT2D eigenvalue weighted by Crippen LogP contribution is 2.22. The van der Waals surface area contributed by atoms with Crippen LogP contribution >= 0.6 is 11.3 Å². The second-order valence-electron chi connectivity index (χ2n) is 5.32. The van der Waals surface area contributed by atoms with Gasteiger partial charge < -0.3 is 0 Å². The molecule has 5 heteroatoms. The Morgan fingerprint density at radius 3 is 2.71 bits per heavy atom. The summed E-state index contributed by atoms with van der Waals surface area (Å²) in [6.07, 6.45) is 1.10. The van der Waals surface area contributed by atoms with Crippen LogP contribution in [0.15, 0.2) is 35.7 Å². The van der Waals surface area contributed by atoms with Crippen LogP contribution in [0.25, 0.3) is 0 Å². The molecular formula is C16H16N2O2S. The van der Waals surface area contributed by atoms with Crippen molar-refractivity contribution < 1.29 is 9.59 Å². The van der Waals surface area contributed by atoms with Gasteiger partial charge in [-0.3, -0.25) is 14.5 Å². The number of likely N-dealkylation sites (tertiary alicyclic amines) is 1. The third-order valence-corrected chi connectivity index (χ3v) is 4.48. The van der Waals surface area contributed by atoms with E-state index in [0.717, 1.165) is 17.1 Å². The molecule has 1 atom stereocenters. The maximum absolute atomic E-state index is 11.9. The molecule has 2 amide bonds. The minimum atomic E-state index is -0.195. The first kappa shape index (κ1) is 13.9. The normalized spacial score (nSPS) is 18.5. The third-order valence-electron chi connectivity index (χ3n) is 3.59. The summed E-state index contributed by atoms with van der Waals surface area (Å²) in [5.41, 5.74) is 2.00. The first-order valence-corrected chi connectivity index (χ1v) is 7.83. The van der Waals surface area contributed by atoms with Gasteiger partial charge in [0.2, 0.25) is 11.8 Å². The number of thiazole rings is 1. The van der Waals surface area contributed by atoms with Gasteiger partial charge in [-0.15, -0.1) is 11.3 Å². The minimum absolute atomic E-state index is 0.0855. The van der Waals surface area contributed by atoms with Crippen molar-refractivity contribution in [1.29, 1.82) is 0 Å². The number of benzene rings is 1. The van der Waals surface area contributed by atoms with Crippen LogP contribution in [0.2, 0.25) is 0 Å². The van der Waals surface area contributed by atoms with E-state index in [-0.39, 0.29) is 17.7 Å². The maximum atomic E-state index is 11.9. The number of imide groups is 1. The van der Waals surface area contributed by atoms with Crippen LogP contribution in [-0.4, -0.2) is 21.7 Å². The van der Waals surface area contributed by atoms with Gasteiger partial charge in [-0.05, 0) is 5.56 Å². The van der Waals surface area contributed by atoms with Crippen LogP contribution in [0.4, 0.5) is 0 Å². The van der Waals surface area contributed by atoms with Crippen molar-refractivity contribution in [2.45, 2.75) is 26.3 Å². The predicted molar refractivity (Wildman–Crippen MR) is 80.7 cm³/mol. The Bertz CT molecular complexity index is 666. The molecule has 1 saturated heterocycles. The second-order valence-corrected chi connectivity index (χ2v) is 6.26. The Hall–Kier alpha value is -2.01. The van der Waals surface area contributed by atoms with Crippen molar-refractivity contribution in [1.82, 2.24) is 9.88 Å². The molecule has 0 saturated carbocycles. The van der Waals surface area contributed by atoms with Gasteiger partial charge in [0.05, 0.1) is 17.2 Å². The molecule has 108 valence electrons. The van der Waals surface area contributed by atoms with Gasteiger partial charge in [-0.25, -0.2) is 4.98 Å². The molecule has 0 bridgehead atoms. The smallest absolute Gasteiger partial charge is 0.232 e. The lowest BCUT2D eigenvalue weighted by Gasteiger charge is -2.12. The van der Waals surface area contributed by atoms with Crippen LogP contribution in [0.3, 0.4) is 0 Å². The lowest BCUT2D eigenvalue weighted by atomic mass is 10.1. The largest absolute Gasteiger partial charge is 0.276 e. The lowest BCUT2D eigenvalue weighted by molar-refractivity contribution is -0.139. The molecule has 1 aliphatic rings. The number of amides is 2. The fourth-order valence-corrected chi connectivity index (χ4v) is 3.27. The molecular weight excluding hydrogens is 284 g/mol. The topological polar surface area (TPSA) is 50.3 Å². The van der Waals surface area contributed by atoms with Crippen LogP contribution in [0.5, 0.6) is 0 Å². The molecule has 0 spiro atoms. The van der Waals surface area contributed by atoms with Gasteiger partial charge >= 0.3 is 0 Å². The standard InChI is InChI=1S/C16H16N2O2S/c1-11-7-15(19)18(16(11)20)9-13-10-21-14(17-13)8-12-5-3-2-4-6-12/h2-6,10-11H,7-9H2,1H3/t11-/m0/s1. The van der Waals surface area contributed by atoms with Crippen molar-refractivity contribution in [2.24, 2.45) is 5.92 Å². The highest BCUT2D eigenvalue weighted by atomic mass is 32.1. The summed E-state index contributed by atoms with van der Waals surface area (Å²) in [5.74, 6) is -0.373. The van der Waals surface area contributed by atoms with Crippen molar-refractivity contribution in [3.63, 3.8) is 0 Å². The molecule has 0 radical (unpaired) electrons. The zero-order valence-corrected chi connectivity index (χ0v) is 12.6. The molecule has 0 unspecified atom stereocenters. The SMILES string of the molecule is C[C@H]1CC(=O)N(Cc2csc(Cc3ccccc3)n2)C1=O. The van der Waals surface area contributed by atoms with E-state index in [4.69, 9.17) is 0 Å². The summed E-state index contributed by atoms with van der Waals surface area (Å²) in [7, 11) is 0. The summed E-state index contributed by atoms with van der Waals surface area (Å²) in [6.45, 7) is 2.09. The molecule has 2 aromatic rings. The van der Waals surface area contributed by atoms with E-state index in [1.807, 2.05) is 23.6 Å². The molecule has 1 aliphatic heterocycles.